The number of nitrogens with one attached hydrogen (secondary N) is 1. The molecule has 0 bridgehead atoms. The highest BCUT2D eigenvalue weighted by Crippen LogP contribution is 2.31. The van der Waals surface area contributed by atoms with E-state index in [0.717, 1.165) is 43.0 Å². The Morgan fingerprint density at radius 1 is 1.06 bits per heavy atom. The minimum Gasteiger partial charge on any atom is -0.382 e. The fourth-order valence-corrected chi connectivity index (χ4v) is 5.06. The molecule has 172 valence electrons. The van der Waals surface area contributed by atoms with E-state index in [1.807, 2.05) is 4.90 Å². The van der Waals surface area contributed by atoms with Crippen molar-refractivity contribution in [3.8, 4) is 0 Å². The molecule has 3 aromatic rings. The van der Waals surface area contributed by atoms with Crippen molar-refractivity contribution in [1.29, 1.82) is 0 Å². The van der Waals surface area contributed by atoms with Gasteiger partial charge in [0.25, 0.3) is 5.91 Å². The zero-order valence-corrected chi connectivity index (χ0v) is 19.1. The summed E-state index contributed by atoms with van der Waals surface area (Å²) in [5.74, 6) is -1.94. The van der Waals surface area contributed by atoms with Gasteiger partial charge in [-0.2, -0.15) is 0 Å². The van der Waals surface area contributed by atoms with E-state index in [9.17, 15) is 18.4 Å². The van der Waals surface area contributed by atoms with E-state index in [4.69, 9.17) is 5.73 Å². The Bertz CT molecular complexity index is 1170. The number of nitrogens with zero attached hydrogens (tertiary/aromatic N) is 2. The summed E-state index contributed by atoms with van der Waals surface area (Å²) in [6.07, 6.45) is 1.12. The van der Waals surface area contributed by atoms with Gasteiger partial charge in [0.2, 0.25) is 5.78 Å². The molecule has 0 radical (unpaired) electrons. The van der Waals surface area contributed by atoms with E-state index < -0.39 is 23.0 Å². The monoisotopic (exact) mass is 470 g/mol. The molecule has 2 unspecified atom stereocenters. The molecule has 9 heteroatoms. The summed E-state index contributed by atoms with van der Waals surface area (Å²) in [6, 6.07) is 10.1. The first-order valence-corrected chi connectivity index (χ1v) is 11.5. The van der Waals surface area contributed by atoms with Crippen LogP contribution in [0.25, 0.3) is 0 Å². The summed E-state index contributed by atoms with van der Waals surface area (Å²) in [5.41, 5.74) is 6.41. The van der Waals surface area contributed by atoms with Gasteiger partial charge in [0.15, 0.2) is 5.13 Å². The number of aromatic nitrogens is 1. The molecule has 6 nitrogen and oxygen atoms in total. The Balaban J connectivity index is 1.48. The van der Waals surface area contributed by atoms with E-state index in [-0.39, 0.29) is 16.6 Å². The maximum Gasteiger partial charge on any atom is 0.253 e. The first-order chi connectivity index (χ1) is 15.7. The fourth-order valence-electron chi connectivity index (χ4n) is 4.21. The topological polar surface area (TPSA) is 88.3 Å². The van der Waals surface area contributed by atoms with Crippen LogP contribution < -0.4 is 11.1 Å². The number of anilines is 3. The number of carbonyl (C=O) groups is 2. The molecule has 2 heterocycles. The van der Waals surface area contributed by atoms with Crippen molar-refractivity contribution in [2.45, 2.75) is 20.3 Å². The third kappa shape index (κ3) is 4.88. The molecule has 1 aliphatic rings. The van der Waals surface area contributed by atoms with Crippen molar-refractivity contribution in [2.75, 3.05) is 24.1 Å². The summed E-state index contributed by atoms with van der Waals surface area (Å²) in [7, 11) is 0. The smallest absolute Gasteiger partial charge is 0.253 e. The number of thiazole rings is 1. The summed E-state index contributed by atoms with van der Waals surface area (Å²) >= 11 is 0.903. The number of rotatable bonds is 5. The molecule has 33 heavy (non-hydrogen) atoms. The van der Waals surface area contributed by atoms with Gasteiger partial charge in [-0.25, -0.2) is 13.8 Å². The van der Waals surface area contributed by atoms with Crippen LogP contribution in [-0.4, -0.2) is 34.7 Å². The predicted molar refractivity (Wildman–Crippen MR) is 125 cm³/mol. The van der Waals surface area contributed by atoms with Gasteiger partial charge in [-0.1, -0.05) is 31.3 Å². The number of nitrogens with two attached hydrogens (primary N) is 1. The second-order valence-electron chi connectivity index (χ2n) is 8.52. The lowest BCUT2D eigenvalue weighted by Gasteiger charge is -2.35. The van der Waals surface area contributed by atoms with Gasteiger partial charge >= 0.3 is 0 Å². The number of hydrogen-bond acceptors (Lipinski definition) is 6. The molecule has 1 aromatic heterocycles. The standard InChI is InChI=1S/C24H24F2N4O2S/c1-13-10-14(2)12-30(11-13)23(32)15-6-8-16(9-7-15)28-24-29-22(27)21(33-24)20(31)19-17(25)4-3-5-18(19)26/h3-9,13-14H,10-12,27H2,1-2H3,(H,28,29). The lowest BCUT2D eigenvalue weighted by molar-refractivity contribution is 0.0623. The number of hydrogen-bond donors (Lipinski definition) is 2. The zero-order valence-electron chi connectivity index (χ0n) is 18.3. The molecule has 0 saturated carbocycles. The fraction of sp³-hybridized carbons (Fsp3) is 0.292. The molecule has 1 amide bonds. The van der Waals surface area contributed by atoms with Crippen LogP contribution in [-0.2, 0) is 0 Å². The van der Waals surface area contributed by atoms with Crippen LogP contribution in [0.1, 0.15) is 45.9 Å². The normalized spacial score (nSPS) is 18.2. The average Bonchev–Trinajstić information content (AvgIpc) is 3.13. The van der Waals surface area contributed by atoms with Crippen molar-refractivity contribution in [1.82, 2.24) is 9.88 Å². The van der Waals surface area contributed by atoms with Gasteiger partial charge < -0.3 is 16.0 Å². The zero-order chi connectivity index (χ0) is 23.7. The molecule has 1 fully saturated rings. The van der Waals surface area contributed by atoms with Crippen molar-refractivity contribution in [3.05, 3.63) is 70.1 Å². The van der Waals surface area contributed by atoms with Crippen LogP contribution in [0.15, 0.2) is 42.5 Å². The highest BCUT2D eigenvalue weighted by molar-refractivity contribution is 7.18. The maximum atomic E-state index is 14.0. The molecule has 4 rings (SSSR count). The van der Waals surface area contributed by atoms with E-state index in [1.54, 1.807) is 24.3 Å². The molecule has 2 atom stereocenters. The molecule has 0 spiro atoms. The number of piperidine rings is 1. The van der Waals surface area contributed by atoms with E-state index in [2.05, 4.69) is 24.1 Å². The van der Waals surface area contributed by atoms with Gasteiger partial charge in [-0.05, 0) is 54.7 Å². The number of likely N-dealkylation sites (tertiary alicyclic amines) is 1. The summed E-state index contributed by atoms with van der Waals surface area (Å²) < 4.78 is 28.0. The van der Waals surface area contributed by atoms with Crippen LogP contribution in [0.5, 0.6) is 0 Å². The lowest BCUT2D eigenvalue weighted by Crippen LogP contribution is -2.42. The third-order valence-corrected chi connectivity index (χ3v) is 6.57. The van der Waals surface area contributed by atoms with E-state index in [0.29, 0.717) is 28.2 Å². The lowest BCUT2D eigenvalue weighted by atomic mass is 9.91. The number of ketones is 1. The van der Waals surface area contributed by atoms with Gasteiger partial charge in [0.05, 0.1) is 5.56 Å². The number of carbonyl (C=O) groups excluding carboxylic acids is 2. The maximum absolute atomic E-state index is 14.0. The number of amides is 1. The van der Waals surface area contributed by atoms with E-state index in [1.165, 1.54) is 6.07 Å². The number of benzene rings is 2. The Labute approximate surface area is 194 Å². The average molecular weight is 471 g/mol. The van der Waals surface area contributed by atoms with Crippen LogP contribution >= 0.6 is 11.3 Å². The minimum absolute atomic E-state index is 0.00163. The number of nitrogen functional groups attached to an aromatic ring is 1. The van der Waals surface area contributed by atoms with Crippen molar-refractivity contribution < 1.29 is 18.4 Å². The quantitative estimate of drug-likeness (QED) is 0.507. The largest absolute Gasteiger partial charge is 0.382 e. The molecule has 0 aliphatic carbocycles. The molecule has 1 aliphatic heterocycles. The SMILES string of the molecule is CC1CC(C)CN(C(=O)c2ccc(Nc3nc(N)c(C(=O)c4c(F)cccc4F)s3)cc2)C1. The van der Waals surface area contributed by atoms with Crippen LogP contribution in [0.4, 0.5) is 25.4 Å². The number of halogens is 2. The highest BCUT2D eigenvalue weighted by atomic mass is 32.1. The molecular formula is C24H24F2N4O2S. The predicted octanol–water partition coefficient (Wildman–Crippen LogP) is 5.10. The minimum atomic E-state index is -0.958. The van der Waals surface area contributed by atoms with Gasteiger partial charge in [-0.15, -0.1) is 0 Å². The van der Waals surface area contributed by atoms with Gasteiger partial charge in [0.1, 0.15) is 22.3 Å². The summed E-state index contributed by atoms with van der Waals surface area (Å²) in [4.78, 5) is 31.4. The van der Waals surface area contributed by atoms with Crippen LogP contribution in [0, 0.1) is 23.5 Å². The molecular weight excluding hydrogens is 446 g/mol. The first kappa shape index (κ1) is 22.8. The Kier molecular flexibility index (Phi) is 6.42. The molecule has 2 aromatic carbocycles. The summed E-state index contributed by atoms with van der Waals surface area (Å²) in [6.45, 7) is 5.81. The van der Waals surface area contributed by atoms with Crippen LogP contribution in [0.2, 0.25) is 0 Å². The Morgan fingerprint density at radius 3 is 2.27 bits per heavy atom. The second-order valence-corrected chi connectivity index (χ2v) is 9.52. The second kappa shape index (κ2) is 9.27. The van der Waals surface area contributed by atoms with Crippen molar-refractivity contribution >= 4 is 39.7 Å². The first-order valence-electron chi connectivity index (χ1n) is 10.6. The third-order valence-electron chi connectivity index (χ3n) is 5.59. The highest BCUT2D eigenvalue weighted by Gasteiger charge is 2.26. The summed E-state index contributed by atoms with van der Waals surface area (Å²) in [5, 5.41) is 3.32. The van der Waals surface area contributed by atoms with Crippen molar-refractivity contribution in [2.24, 2.45) is 11.8 Å². The Hall–Kier alpha value is -3.33. The van der Waals surface area contributed by atoms with Gasteiger partial charge in [0, 0.05) is 24.3 Å². The van der Waals surface area contributed by atoms with Crippen LogP contribution in [0.3, 0.4) is 0 Å². The van der Waals surface area contributed by atoms with Crippen molar-refractivity contribution in [3.63, 3.8) is 0 Å². The molecule has 1 saturated heterocycles. The molecule has 3 N–H and O–H groups in total. The Morgan fingerprint density at radius 2 is 1.67 bits per heavy atom. The van der Waals surface area contributed by atoms with Gasteiger partial charge in [-0.3, -0.25) is 9.59 Å². The van der Waals surface area contributed by atoms with E-state index >= 15 is 0 Å².